The summed E-state index contributed by atoms with van der Waals surface area (Å²) in [6, 6.07) is 8.35. The molecule has 0 radical (unpaired) electrons. The van der Waals surface area contributed by atoms with Gasteiger partial charge in [-0.25, -0.2) is 4.79 Å². The highest BCUT2D eigenvalue weighted by molar-refractivity contribution is 7.80. The number of nitro benzene ring substituents is 1. The summed E-state index contributed by atoms with van der Waals surface area (Å²) in [5.74, 6) is -1.41. The van der Waals surface area contributed by atoms with Crippen LogP contribution in [-0.2, 0) is 0 Å². The minimum absolute atomic E-state index is 0.00787. The molecule has 11 heteroatoms. The SMILES string of the molecule is COc1ccc(C(=O)O)cc1NC(=S)NC(=O)c1cc([N+](=O)[O-])ccc1N1CCCCC1. The molecule has 3 rings (SSSR count). The highest BCUT2D eigenvalue weighted by Crippen LogP contribution is 2.29. The van der Waals surface area contributed by atoms with Gasteiger partial charge in [0, 0.05) is 25.2 Å². The third-order valence-electron chi connectivity index (χ3n) is 5.05. The summed E-state index contributed by atoms with van der Waals surface area (Å²) in [4.78, 5) is 37.0. The molecule has 0 aliphatic carbocycles. The Hall–Kier alpha value is -3.73. The van der Waals surface area contributed by atoms with Gasteiger partial charge < -0.3 is 20.1 Å². The Bertz CT molecular complexity index is 1070. The van der Waals surface area contributed by atoms with Crippen molar-refractivity contribution in [1.82, 2.24) is 5.32 Å². The van der Waals surface area contributed by atoms with Crippen LogP contribution >= 0.6 is 12.2 Å². The number of piperidine rings is 1. The summed E-state index contributed by atoms with van der Waals surface area (Å²) in [7, 11) is 1.41. The lowest BCUT2D eigenvalue weighted by atomic mass is 10.1. The molecule has 168 valence electrons. The molecule has 1 heterocycles. The van der Waals surface area contributed by atoms with Gasteiger partial charge in [-0.15, -0.1) is 0 Å². The first-order valence-corrected chi connectivity index (χ1v) is 10.3. The summed E-state index contributed by atoms with van der Waals surface area (Å²) in [6.07, 6.45) is 3.03. The first-order chi connectivity index (χ1) is 15.3. The lowest BCUT2D eigenvalue weighted by Crippen LogP contribution is -2.36. The smallest absolute Gasteiger partial charge is 0.335 e. The Morgan fingerprint density at radius 3 is 2.50 bits per heavy atom. The van der Waals surface area contributed by atoms with Crippen molar-refractivity contribution in [2.75, 3.05) is 30.4 Å². The topological polar surface area (TPSA) is 134 Å². The van der Waals surface area contributed by atoms with Crippen LogP contribution < -0.4 is 20.3 Å². The second-order valence-corrected chi connectivity index (χ2v) is 7.54. The maximum absolute atomic E-state index is 13.0. The molecule has 1 aliphatic rings. The molecule has 1 aliphatic heterocycles. The van der Waals surface area contributed by atoms with Crippen molar-refractivity contribution in [1.29, 1.82) is 0 Å². The molecular weight excluding hydrogens is 436 g/mol. The number of anilines is 2. The Labute approximate surface area is 189 Å². The largest absolute Gasteiger partial charge is 0.495 e. The lowest BCUT2D eigenvalue weighted by molar-refractivity contribution is -0.384. The zero-order valence-electron chi connectivity index (χ0n) is 17.3. The minimum Gasteiger partial charge on any atom is -0.495 e. The van der Waals surface area contributed by atoms with Crippen molar-refractivity contribution in [3.8, 4) is 5.75 Å². The second kappa shape index (κ2) is 10.1. The van der Waals surface area contributed by atoms with Crippen molar-refractivity contribution < 1.29 is 24.4 Å². The standard InChI is InChI=1S/C21H22N4O6S/c1-31-18-8-5-13(20(27)28)11-16(18)22-21(32)23-19(26)15-12-14(25(29)30)6-7-17(15)24-9-3-2-4-10-24/h5-8,11-12H,2-4,9-10H2,1H3,(H,27,28)(H2,22,23,26,32). The van der Waals surface area contributed by atoms with Gasteiger partial charge in [-0.2, -0.15) is 0 Å². The van der Waals surface area contributed by atoms with E-state index in [1.165, 1.54) is 37.4 Å². The third kappa shape index (κ3) is 5.30. The molecule has 1 amide bonds. The Morgan fingerprint density at radius 2 is 1.88 bits per heavy atom. The number of nitrogens with one attached hydrogen (secondary N) is 2. The highest BCUT2D eigenvalue weighted by atomic mass is 32.1. The molecule has 0 spiro atoms. The number of hydrogen-bond donors (Lipinski definition) is 3. The van der Waals surface area contributed by atoms with E-state index in [9.17, 15) is 24.8 Å². The number of carbonyl (C=O) groups excluding carboxylic acids is 1. The summed E-state index contributed by atoms with van der Waals surface area (Å²) in [5, 5.41) is 25.6. The highest BCUT2D eigenvalue weighted by Gasteiger charge is 2.23. The van der Waals surface area contributed by atoms with Crippen molar-refractivity contribution >= 4 is 46.3 Å². The van der Waals surface area contributed by atoms with E-state index >= 15 is 0 Å². The predicted molar refractivity (Wildman–Crippen MR) is 123 cm³/mol. The van der Waals surface area contributed by atoms with E-state index in [1.54, 1.807) is 6.07 Å². The quantitative estimate of drug-likeness (QED) is 0.338. The molecule has 0 aromatic heterocycles. The molecule has 1 saturated heterocycles. The average molecular weight is 458 g/mol. The molecule has 0 unspecified atom stereocenters. The molecule has 10 nitrogen and oxygen atoms in total. The molecule has 3 N–H and O–H groups in total. The fourth-order valence-corrected chi connectivity index (χ4v) is 3.70. The van der Waals surface area contributed by atoms with Gasteiger partial charge in [0.05, 0.1) is 34.5 Å². The predicted octanol–water partition coefficient (Wildman–Crippen LogP) is 3.42. The number of carboxylic acid groups (broad SMARTS) is 1. The van der Waals surface area contributed by atoms with Gasteiger partial charge in [0.15, 0.2) is 5.11 Å². The fourth-order valence-electron chi connectivity index (χ4n) is 3.49. The number of carboxylic acids is 1. The average Bonchev–Trinajstić information content (AvgIpc) is 2.79. The van der Waals surface area contributed by atoms with Crippen LogP contribution in [0.2, 0.25) is 0 Å². The monoisotopic (exact) mass is 458 g/mol. The number of methoxy groups -OCH3 is 1. The lowest BCUT2D eigenvalue weighted by Gasteiger charge is -2.30. The molecular formula is C21H22N4O6S. The van der Waals surface area contributed by atoms with Gasteiger partial charge in [0.1, 0.15) is 5.75 Å². The van der Waals surface area contributed by atoms with Crippen LogP contribution in [0.1, 0.15) is 40.0 Å². The van der Waals surface area contributed by atoms with Crippen LogP contribution in [0.15, 0.2) is 36.4 Å². The summed E-state index contributed by atoms with van der Waals surface area (Å²) >= 11 is 5.22. The molecule has 0 atom stereocenters. The number of non-ortho nitro benzene ring substituents is 1. The van der Waals surface area contributed by atoms with Crippen molar-refractivity contribution in [2.45, 2.75) is 19.3 Å². The van der Waals surface area contributed by atoms with Crippen LogP contribution in [0.25, 0.3) is 0 Å². The number of rotatable bonds is 6. The minimum atomic E-state index is -1.13. The van der Waals surface area contributed by atoms with Crippen molar-refractivity contribution in [3.63, 3.8) is 0 Å². The van der Waals surface area contributed by atoms with Crippen molar-refractivity contribution in [2.24, 2.45) is 0 Å². The van der Waals surface area contributed by atoms with E-state index in [1.807, 2.05) is 4.90 Å². The maximum atomic E-state index is 13.0. The Kier molecular flexibility index (Phi) is 7.21. The van der Waals surface area contributed by atoms with E-state index in [-0.39, 0.29) is 27.6 Å². The van der Waals surface area contributed by atoms with Crippen LogP contribution in [0.4, 0.5) is 17.1 Å². The number of nitro groups is 1. The number of aromatic carboxylic acids is 1. The van der Waals surface area contributed by atoms with Gasteiger partial charge in [-0.1, -0.05) is 0 Å². The molecule has 2 aromatic rings. The van der Waals surface area contributed by atoms with E-state index in [2.05, 4.69) is 10.6 Å². The summed E-state index contributed by atoms with van der Waals surface area (Å²) < 4.78 is 5.20. The molecule has 0 bridgehead atoms. The first kappa shape index (κ1) is 22.9. The zero-order chi connectivity index (χ0) is 23.3. The number of hydrogen-bond acceptors (Lipinski definition) is 7. The number of ether oxygens (including phenoxy) is 1. The van der Waals surface area contributed by atoms with Crippen LogP contribution in [-0.4, -0.2) is 47.2 Å². The molecule has 1 fully saturated rings. The van der Waals surface area contributed by atoms with Gasteiger partial charge in [0.25, 0.3) is 11.6 Å². The molecule has 0 saturated carbocycles. The van der Waals surface area contributed by atoms with Crippen molar-refractivity contribution in [3.05, 3.63) is 57.6 Å². The van der Waals surface area contributed by atoms with Gasteiger partial charge >= 0.3 is 5.97 Å². The number of benzene rings is 2. The molecule has 32 heavy (non-hydrogen) atoms. The van der Waals surface area contributed by atoms with E-state index in [4.69, 9.17) is 17.0 Å². The van der Waals surface area contributed by atoms with E-state index < -0.39 is 16.8 Å². The number of thiocarbonyl (C=S) groups is 1. The Morgan fingerprint density at radius 1 is 1.16 bits per heavy atom. The van der Waals surface area contributed by atoms with E-state index in [0.29, 0.717) is 11.4 Å². The first-order valence-electron chi connectivity index (χ1n) is 9.87. The fraction of sp³-hybridized carbons (Fsp3) is 0.286. The summed E-state index contributed by atoms with van der Waals surface area (Å²) in [6.45, 7) is 1.50. The van der Waals surface area contributed by atoms with E-state index in [0.717, 1.165) is 32.4 Å². The maximum Gasteiger partial charge on any atom is 0.335 e. The molecule has 2 aromatic carbocycles. The number of carbonyl (C=O) groups is 2. The van der Waals surface area contributed by atoms with Gasteiger partial charge in [-0.3, -0.25) is 20.2 Å². The van der Waals surface area contributed by atoms with Crippen LogP contribution in [0, 0.1) is 10.1 Å². The Balaban J connectivity index is 1.84. The van der Waals surface area contributed by atoms with Gasteiger partial charge in [0.2, 0.25) is 0 Å². The second-order valence-electron chi connectivity index (χ2n) is 7.13. The normalized spacial score (nSPS) is 13.2. The van der Waals surface area contributed by atoms with Crippen LogP contribution in [0.3, 0.4) is 0 Å². The number of nitrogens with zero attached hydrogens (tertiary/aromatic N) is 2. The summed E-state index contributed by atoms with van der Waals surface area (Å²) in [5.41, 5.74) is 0.796. The van der Waals surface area contributed by atoms with Crippen LogP contribution in [0.5, 0.6) is 5.75 Å². The van der Waals surface area contributed by atoms with Gasteiger partial charge in [-0.05, 0) is 55.7 Å². The third-order valence-corrected chi connectivity index (χ3v) is 5.26. The zero-order valence-corrected chi connectivity index (χ0v) is 18.1. The number of amides is 1.